The van der Waals surface area contributed by atoms with Gasteiger partial charge in [0.05, 0.1) is 27.2 Å². The number of hydrogen-bond acceptors (Lipinski definition) is 6. The van der Waals surface area contributed by atoms with E-state index in [0.717, 1.165) is 5.56 Å². The molecule has 0 aliphatic heterocycles. The number of nitrogens with zero attached hydrogens (tertiary/aromatic N) is 2. The van der Waals surface area contributed by atoms with Crippen molar-refractivity contribution in [3.8, 4) is 11.5 Å². The Hall–Kier alpha value is -3.09. The number of carbonyl (C=O) groups excluding carboxylic acids is 2. The fourth-order valence-corrected chi connectivity index (χ4v) is 2.69. The van der Waals surface area contributed by atoms with E-state index in [4.69, 9.17) is 14.2 Å². The van der Waals surface area contributed by atoms with E-state index in [1.54, 1.807) is 42.4 Å². The van der Waals surface area contributed by atoms with E-state index in [0.29, 0.717) is 23.6 Å². The molecule has 0 aliphatic carbocycles. The summed E-state index contributed by atoms with van der Waals surface area (Å²) in [6.07, 6.45) is 3.33. The van der Waals surface area contributed by atoms with Gasteiger partial charge in [0.25, 0.3) is 5.91 Å². The average Bonchev–Trinajstić information content (AvgIpc) is 2.72. The molecule has 2 rings (SSSR count). The van der Waals surface area contributed by atoms with Crippen LogP contribution in [-0.2, 0) is 16.1 Å². The second-order valence-electron chi connectivity index (χ2n) is 6.04. The molecule has 0 aliphatic rings. The summed E-state index contributed by atoms with van der Waals surface area (Å²) in [5, 5.41) is 0. The number of carbonyl (C=O) groups is 2. The summed E-state index contributed by atoms with van der Waals surface area (Å²) < 4.78 is 15.3. The van der Waals surface area contributed by atoms with E-state index in [-0.39, 0.29) is 18.4 Å². The fraction of sp³-hybridized carbons (Fsp3) is 0.350. The van der Waals surface area contributed by atoms with Crippen molar-refractivity contribution in [3.63, 3.8) is 0 Å². The predicted octanol–water partition coefficient (Wildman–Crippen LogP) is 2.55. The molecule has 1 atom stereocenters. The maximum atomic E-state index is 13.1. The standard InChI is InChI=1S/C20H24N2O5/c1-14(20(24)27-4)12-22(13-15-7-9-21-10-8-15)19(23)16-5-6-17(25-2)18(11-16)26-3/h5-11,14H,12-13H2,1-4H3. The molecule has 0 fully saturated rings. The third kappa shape index (κ3) is 5.20. The van der Waals surface area contributed by atoms with Gasteiger partial charge in [0.15, 0.2) is 11.5 Å². The molecule has 27 heavy (non-hydrogen) atoms. The second-order valence-corrected chi connectivity index (χ2v) is 6.04. The van der Waals surface area contributed by atoms with Crippen LogP contribution in [-0.4, -0.2) is 49.6 Å². The van der Waals surface area contributed by atoms with Gasteiger partial charge >= 0.3 is 5.97 Å². The number of benzene rings is 1. The Kier molecular flexibility index (Phi) is 7.16. The minimum Gasteiger partial charge on any atom is -0.493 e. The van der Waals surface area contributed by atoms with Crippen LogP contribution in [0.15, 0.2) is 42.7 Å². The second kappa shape index (κ2) is 9.56. The van der Waals surface area contributed by atoms with Crippen molar-refractivity contribution in [3.05, 3.63) is 53.9 Å². The first kappa shape index (κ1) is 20.2. The third-order valence-electron chi connectivity index (χ3n) is 4.14. The van der Waals surface area contributed by atoms with Crippen molar-refractivity contribution < 1.29 is 23.8 Å². The summed E-state index contributed by atoms with van der Waals surface area (Å²) in [6.45, 7) is 2.30. The zero-order valence-electron chi connectivity index (χ0n) is 16.0. The van der Waals surface area contributed by atoms with Crippen LogP contribution < -0.4 is 9.47 Å². The summed E-state index contributed by atoms with van der Waals surface area (Å²) in [5.74, 6) is -0.0369. The first-order chi connectivity index (χ1) is 13.0. The number of pyridine rings is 1. The maximum absolute atomic E-state index is 13.1. The van der Waals surface area contributed by atoms with Crippen LogP contribution in [0.25, 0.3) is 0 Å². The minimum absolute atomic E-state index is 0.219. The van der Waals surface area contributed by atoms with Crippen molar-refractivity contribution in [2.75, 3.05) is 27.9 Å². The number of methoxy groups -OCH3 is 3. The van der Waals surface area contributed by atoms with E-state index in [9.17, 15) is 9.59 Å². The van der Waals surface area contributed by atoms with Crippen molar-refractivity contribution in [2.45, 2.75) is 13.5 Å². The van der Waals surface area contributed by atoms with E-state index in [1.165, 1.54) is 21.3 Å². The highest BCUT2D eigenvalue weighted by Gasteiger charge is 2.23. The summed E-state index contributed by atoms with van der Waals surface area (Å²) in [7, 11) is 4.38. The van der Waals surface area contributed by atoms with Crippen LogP contribution in [0.4, 0.5) is 0 Å². The van der Waals surface area contributed by atoms with Crippen LogP contribution in [0.5, 0.6) is 11.5 Å². The molecule has 1 aromatic heterocycles. The number of ether oxygens (including phenoxy) is 3. The molecule has 1 unspecified atom stereocenters. The van der Waals surface area contributed by atoms with Gasteiger partial charge in [-0.2, -0.15) is 0 Å². The molecule has 1 heterocycles. The maximum Gasteiger partial charge on any atom is 0.310 e. The molecule has 1 aromatic carbocycles. The molecule has 0 radical (unpaired) electrons. The first-order valence-electron chi connectivity index (χ1n) is 8.48. The zero-order valence-corrected chi connectivity index (χ0v) is 16.0. The molecule has 7 nitrogen and oxygen atoms in total. The number of amides is 1. The first-order valence-corrected chi connectivity index (χ1v) is 8.48. The lowest BCUT2D eigenvalue weighted by Crippen LogP contribution is -2.36. The molecule has 144 valence electrons. The fourth-order valence-electron chi connectivity index (χ4n) is 2.69. The smallest absolute Gasteiger partial charge is 0.310 e. The molecular weight excluding hydrogens is 348 g/mol. The van der Waals surface area contributed by atoms with Gasteiger partial charge in [0.2, 0.25) is 0 Å². The lowest BCUT2D eigenvalue weighted by Gasteiger charge is -2.25. The Morgan fingerprint density at radius 3 is 2.30 bits per heavy atom. The Bertz CT molecular complexity index is 779. The van der Waals surface area contributed by atoms with E-state index < -0.39 is 5.92 Å². The minimum atomic E-state index is -0.457. The lowest BCUT2D eigenvalue weighted by molar-refractivity contribution is -0.145. The van der Waals surface area contributed by atoms with Crippen LogP contribution >= 0.6 is 0 Å². The molecule has 7 heteroatoms. The van der Waals surface area contributed by atoms with Gasteiger partial charge in [0.1, 0.15) is 0 Å². The molecule has 1 amide bonds. The summed E-state index contributed by atoms with van der Waals surface area (Å²) in [6, 6.07) is 8.64. The summed E-state index contributed by atoms with van der Waals surface area (Å²) in [4.78, 5) is 30.6. The van der Waals surface area contributed by atoms with E-state index in [1.807, 2.05) is 12.1 Å². The predicted molar refractivity (Wildman–Crippen MR) is 99.7 cm³/mol. The average molecular weight is 372 g/mol. The normalized spacial score (nSPS) is 11.4. The molecule has 0 N–H and O–H groups in total. The largest absolute Gasteiger partial charge is 0.493 e. The zero-order chi connectivity index (χ0) is 19.8. The quantitative estimate of drug-likeness (QED) is 0.663. The molecule has 0 bridgehead atoms. The Balaban J connectivity index is 2.30. The van der Waals surface area contributed by atoms with Crippen LogP contribution in [0.3, 0.4) is 0 Å². The molecule has 0 spiro atoms. The number of esters is 1. The van der Waals surface area contributed by atoms with Gasteiger partial charge in [-0.05, 0) is 35.9 Å². The number of hydrogen-bond donors (Lipinski definition) is 0. The van der Waals surface area contributed by atoms with Gasteiger partial charge in [0, 0.05) is 31.0 Å². The van der Waals surface area contributed by atoms with Crippen molar-refractivity contribution in [2.24, 2.45) is 5.92 Å². The van der Waals surface area contributed by atoms with E-state index in [2.05, 4.69) is 4.98 Å². The SMILES string of the molecule is COC(=O)C(C)CN(Cc1ccncc1)C(=O)c1ccc(OC)c(OC)c1. The number of aromatic nitrogens is 1. The molecular formula is C20H24N2O5. The van der Waals surface area contributed by atoms with E-state index >= 15 is 0 Å². The summed E-state index contributed by atoms with van der Waals surface area (Å²) >= 11 is 0. The van der Waals surface area contributed by atoms with Crippen molar-refractivity contribution in [1.29, 1.82) is 0 Å². The van der Waals surface area contributed by atoms with Crippen LogP contribution in [0, 0.1) is 5.92 Å². The van der Waals surface area contributed by atoms with Gasteiger partial charge in [-0.1, -0.05) is 6.92 Å². The Labute approximate surface area is 158 Å². The monoisotopic (exact) mass is 372 g/mol. The van der Waals surface area contributed by atoms with Crippen LogP contribution in [0.1, 0.15) is 22.8 Å². The third-order valence-corrected chi connectivity index (χ3v) is 4.14. The van der Waals surface area contributed by atoms with Crippen molar-refractivity contribution in [1.82, 2.24) is 9.88 Å². The highest BCUT2D eigenvalue weighted by atomic mass is 16.5. The Morgan fingerprint density at radius 1 is 1.04 bits per heavy atom. The molecule has 0 saturated carbocycles. The lowest BCUT2D eigenvalue weighted by atomic mass is 10.1. The van der Waals surface area contributed by atoms with Gasteiger partial charge in [-0.3, -0.25) is 14.6 Å². The van der Waals surface area contributed by atoms with Gasteiger partial charge in [-0.15, -0.1) is 0 Å². The number of rotatable bonds is 8. The molecule has 2 aromatic rings. The highest BCUT2D eigenvalue weighted by Crippen LogP contribution is 2.28. The van der Waals surface area contributed by atoms with Gasteiger partial charge in [-0.25, -0.2) is 0 Å². The van der Waals surface area contributed by atoms with Gasteiger partial charge < -0.3 is 19.1 Å². The molecule has 0 saturated heterocycles. The highest BCUT2D eigenvalue weighted by molar-refractivity contribution is 5.95. The summed E-state index contributed by atoms with van der Waals surface area (Å²) in [5.41, 5.74) is 1.36. The van der Waals surface area contributed by atoms with Crippen molar-refractivity contribution >= 4 is 11.9 Å². The Morgan fingerprint density at radius 2 is 1.70 bits per heavy atom. The topological polar surface area (TPSA) is 78.0 Å². The van der Waals surface area contributed by atoms with Crippen LogP contribution in [0.2, 0.25) is 0 Å².